The Kier molecular flexibility index (Phi) is 1.84. The second-order valence-corrected chi connectivity index (χ2v) is 6.11. The Morgan fingerprint density at radius 2 is 1.69 bits per heavy atom. The fourth-order valence-corrected chi connectivity index (χ4v) is 4.61. The van der Waals surface area contributed by atoms with Gasteiger partial charge in [-0.2, -0.15) is 0 Å². The molecule has 4 saturated carbocycles. The molecular weight excluding hydrogens is 208 g/mol. The van der Waals surface area contributed by atoms with Crippen molar-refractivity contribution in [3.63, 3.8) is 0 Å². The first-order valence-corrected chi connectivity index (χ1v) is 5.82. The van der Waals surface area contributed by atoms with Gasteiger partial charge in [0.05, 0.1) is 18.1 Å². The molecule has 4 fully saturated rings. The fourth-order valence-electron chi connectivity index (χ4n) is 4.61. The molecule has 2 N–H and O–H groups in total. The van der Waals surface area contributed by atoms with Crippen molar-refractivity contribution < 1.29 is 19.7 Å². The van der Waals surface area contributed by atoms with Crippen molar-refractivity contribution in [2.24, 2.45) is 5.92 Å². The molecule has 2 unspecified atom stereocenters. The molecule has 0 aromatic heterocycles. The van der Waals surface area contributed by atoms with Gasteiger partial charge in [0.2, 0.25) is 0 Å². The molecule has 4 nitrogen and oxygen atoms in total. The van der Waals surface area contributed by atoms with Crippen LogP contribution in [0.5, 0.6) is 0 Å². The molecule has 16 heavy (non-hydrogen) atoms. The molecule has 4 bridgehead atoms. The summed E-state index contributed by atoms with van der Waals surface area (Å²) in [7, 11) is 0. The summed E-state index contributed by atoms with van der Waals surface area (Å²) in [5.74, 6) is -0.292. The fraction of sp³-hybridized carbons (Fsp3) is 0.833. The van der Waals surface area contributed by atoms with Crippen LogP contribution in [0.15, 0.2) is 0 Å². The molecule has 89 valence electrons. The highest BCUT2D eigenvalue weighted by Crippen LogP contribution is 2.60. The minimum Gasteiger partial charge on any atom is -0.459 e. The van der Waals surface area contributed by atoms with Crippen molar-refractivity contribution in [2.45, 2.75) is 55.3 Å². The maximum Gasteiger partial charge on any atom is 0.306 e. The summed E-state index contributed by atoms with van der Waals surface area (Å²) in [6, 6.07) is 0. The summed E-state index contributed by atoms with van der Waals surface area (Å²) in [5.41, 5.74) is -2.35. The lowest BCUT2D eigenvalue weighted by atomic mass is 9.50. The van der Waals surface area contributed by atoms with Crippen LogP contribution < -0.4 is 0 Å². The average Bonchev–Trinajstić information content (AvgIpc) is 1.91. The molecule has 0 aromatic rings. The van der Waals surface area contributed by atoms with Crippen LogP contribution in [0.3, 0.4) is 0 Å². The van der Waals surface area contributed by atoms with Gasteiger partial charge >= 0.3 is 5.97 Å². The number of carbonyl (C=O) groups is 1. The Morgan fingerprint density at radius 3 is 2.12 bits per heavy atom. The standard InChI is InChI=1S/C12H17O4/c1-8(13)16-12-4-9-2-10(14,6-12)5-11(15,3-9)7-12/h9,14-15H,1-7H2. The van der Waals surface area contributed by atoms with E-state index in [1.807, 2.05) is 0 Å². The molecule has 0 aromatic carbocycles. The van der Waals surface area contributed by atoms with Crippen LogP contribution in [0.1, 0.15) is 38.5 Å². The molecule has 0 aliphatic heterocycles. The van der Waals surface area contributed by atoms with E-state index in [0.29, 0.717) is 19.3 Å². The summed E-state index contributed by atoms with van der Waals surface area (Å²) in [4.78, 5) is 11.0. The van der Waals surface area contributed by atoms with Crippen molar-refractivity contribution >= 4 is 5.97 Å². The molecule has 4 rings (SSSR count). The van der Waals surface area contributed by atoms with Crippen LogP contribution in [-0.2, 0) is 9.53 Å². The summed E-state index contributed by atoms with van der Waals surface area (Å²) in [6.07, 6.45) is 3.56. The molecule has 0 amide bonds. The average molecular weight is 225 g/mol. The van der Waals surface area contributed by atoms with Gasteiger partial charge in [0, 0.05) is 19.3 Å². The van der Waals surface area contributed by atoms with E-state index < -0.39 is 22.8 Å². The summed E-state index contributed by atoms with van der Waals surface area (Å²) >= 11 is 0. The van der Waals surface area contributed by atoms with Crippen LogP contribution in [-0.4, -0.2) is 33.0 Å². The Balaban J connectivity index is 1.95. The van der Waals surface area contributed by atoms with E-state index in [1.54, 1.807) is 0 Å². The second kappa shape index (κ2) is 2.79. The number of carbonyl (C=O) groups excluding carboxylic acids is 1. The highest BCUT2D eigenvalue weighted by Gasteiger charge is 2.64. The summed E-state index contributed by atoms with van der Waals surface area (Å²) in [6.45, 7) is 3.24. The number of rotatable bonds is 1. The van der Waals surface area contributed by atoms with Crippen molar-refractivity contribution in [1.29, 1.82) is 0 Å². The minimum absolute atomic E-state index is 0.269. The highest BCUT2D eigenvalue weighted by atomic mass is 16.6. The first-order chi connectivity index (χ1) is 7.32. The third-order valence-corrected chi connectivity index (χ3v) is 4.29. The van der Waals surface area contributed by atoms with E-state index in [-0.39, 0.29) is 5.92 Å². The normalized spacial score (nSPS) is 54.1. The smallest absolute Gasteiger partial charge is 0.306 e. The van der Waals surface area contributed by atoms with Crippen LogP contribution in [0.2, 0.25) is 0 Å². The van der Waals surface area contributed by atoms with Gasteiger partial charge in [-0.3, -0.25) is 4.79 Å². The zero-order valence-electron chi connectivity index (χ0n) is 9.24. The molecule has 4 aliphatic rings. The molecule has 4 heteroatoms. The summed E-state index contributed by atoms with van der Waals surface area (Å²) in [5, 5.41) is 20.7. The third-order valence-electron chi connectivity index (χ3n) is 4.29. The van der Waals surface area contributed by atoms with E-state index in [4.69, 9.17) is 4.74 Å². The topological polar surface area (TPSA) is 66.8 Å². The van der Waals surface area contributed by atoms with Gasteiger partial charge in [0.1, 0.15) is 5.60 Å². The zero-order chi connectivity index (χ0) is 11.6. The first-order valence-electron chi connectivity index (χ1n) is 5.82. The van der Waals surface area contributed by atoms with E-state index in [2.05, 4.69) is 6.92 Å². The van der Waals surface area contributed by atoms with Crippen LogP contribution >= 0.6 is 0 Å². The van der Waals surface area contributed by atoms with Gasteiger partial charge in [0.15, 0.2) is 0 Å². The monoisotopic (exact) mass is 225 g/mol. The lowest BCUT2D eigenvalue weighted by molar-refractivity contribution is -0.259. The highest BCUT2D eigenvalue weighted by molar-refractivity contribution is 5.74. The van der Waals surface area contributed by atoms with Crippen molar-refractivity contribution in [3.8, 4) is 0 Å². The van der Waals surface area contributed by atoms with Crippen molar-refractivity contribution in [3.05, 3.63) is 6.92 Å². The van der Waals surface area contributed by atoms with Gasteiger partial charge < -0.3 is 14.9 Å². The molecule has 0 saturated heterocycles. The SMILES string of the molecule is [CH2]C(=O)OC12CC3CC(O)(CC(O)(C3)C1)C2. The van der Waals surface area contributed by atoms with Gasteiger partial charge in [-0.15, -0.1) is 0 Å². The molecule has 4 aliphatic carbocycles. The molecule has 2 atom stereocenters. The lowest BCUT2D eigenvalue weighted by Crippen LogP contribution is -2.66. The van der Waals surface area contributed by atoms with Crippen LogP contribution in [0.4, 0.5) is 0 Å². The van der Waals surface area contributed by atoms with E-state index in [1.165, 1.54) is 0 Å². The zero-order valence-corrected chi connectivity index (χ0v) is 9.24. The summed E-state index contributed by atoms with van der Waals surface area (Å²) < 4.78 is 5.31. The quantitative estimate of drug-likeness (QED) is 0.640. The van der Waals surface area contributed by atoms with Crippen molar-refractivity contribution in [2.75, 3.05) is 0 Å². The predicted molar refractivity (Wildman–Crippen MR) is 55.3 cm³/mol. The van der Waals surface area contributed by atoms with Crippen molar-refractivity contribution in [1.82, 2.24) is 0 Å². The third kappa shape index (κ3) is 1.47. The Morgan fingerprint density at radius 1 is 1.12 bits per heavy atom. The molecule has 0 heterocycles. The Bertz CT molecular complexity index is 333. The molecular formula is C12H17O4. The first kappa shape index (κ1) is 10.5. The lowest BCUT2D eigenvalue weighted by Gasteiger charge is -2.62. The maximum atomic E-state index is 11.0. The van der Waals surface area contributed by atoms with E-state index in [9.17, 15) is 15.0 Å². The minimum atomic E-state index is -0.844. The van der Waals surface area contributed by atoms with Crippen LogP contribution in [0, 0.1) is 12.8 Å². The van der Waals surface area contributed by atoms with E-state index in [0.717, 1.165) is 19.3 Å². The second-order valence-electron chi connectivity index (χ2n) is 6.11. The molecule has 0 spiro atoms. The number of aliphatic hydroxyl groups is 2. The number of hydrogen-bond acceptors (Lipinski definition) is 4. The van der Waals surface area contributed by atoms with Crippen LogP contribution in [0.25, 0.3) is 0 Å². The largest absolute Gasteiger partial charge is 0.459 e. The van der Waals surface area contributed by atoms with Gasteiger partial charge in [-0.25, -0.2) is 0 Å². The van der Waals surface area contributed by atoms with Gasteiger partial charge in [-0.05, 0) is 25.2 Å². The predicted octanol–water partition coefficient (Wildman–Crippen LogP) is 0.562. The molecule has 1 radical (unpaired) electrons. The van der Waals surface area contributed by atoms with Gasteiger partial charge in [0.25, 0.3) is 0 Å². The Labute approximate surface area is 94.6 Å². The number of hydrogen-bond donors (Lipinski definition) is 2. The Hall–Kier alpha value is -0.610. The van der Waals surface area contributed by atoms with Gasteiger partial charge in [-0.1, -0.05) is 0 Å². The maximum absolute atomic E-state index is 11.0. The number of ether oxygens (including phenoxy) is 1. The number of esters is 1. The van der Waals surface area contributed by atoms with E-state index >= 15 is 0 Å².